The summed E-state index contributed by atoms with van der Waals surface area (Å²) in [5, 5.41) is 19.2. The minimum Gasteiger partial charge on any atom is -0.457 e. The normalized spacial score (nSPS) is 13.7. The lowest BCUT2D eigenvalue weighted by Crippen LogP contribution is -2.28. The lowest BCUT2D eigenvalue weighted by atomic mass is 10.0. The van der Waals surface area contributed by atoms with E-state index in [2.05, 4.69) is 26.0 Å². The van der Waals surface area contributed by atoms with Crippen molar-refractivity contribution in [2.75, 3.05) is 26.4 Å². The molecular weight excluding hydrogens is 804 g/mol. The first-order valence-corrected chi connectivity index (χ1v) is 27.6. The highest BCUT2D eigenvalue weighted by Gasteiger charge is 2.27. The number of rotatable bonds is 50. The number of unbranched alkanes of at least 4 members (excludes halogenated alkanes) is 34. The second-order valence-electron chi connectivity index (χ2n) is 17.9. The highest BCUT2D eigenvalue weighted by molar-refractivity contribution is 7.47. The fraction of sp³-hybridized carbons (Fsp3) is 0.922. The van der Waals surface area contributed by atoms with Gasteiger partial charge in [-0.3, -0.25) is 18.6 Å². The van der Waals surface area contributed by atoms with Crippen molar-refractivity contribution in [3.05, 3.63) is 12.2 Å². The minimum atomic E-state index is -4.64. The van der Waals surface area contributed by atoms with E-state index in [9.17, 15) is 29.3 Å². The van der Waals surface area contributed by atoms with Crippen LogP contribution in [0.4, 0.5) is 0 Å². The summed E-state index contributed by atoms with van der Waals surface area (Å²) >= 11 is 0. The summed E-state index contributed by atoms with van der Waals surface area (Å²) < 4.78 is 32.7. The molecule has 0 amide bonds. The van der Waals surface area contributed by atoms with Gasteiger partial charge in [-0.25, -0.2) is 4.57 Å². The number of hydrogen-bond acceptors (Lipinski definition) is 9. The molecule has 0 aliphatic heterocycles. The fourth-order valence-corrected chi connectivity index (χ4v) is 8.49. The van der Waals surface area contributed by atoms with Gasteiger partial charge < -0.3 is 24.6 Å². The Hall–Kier alpha value is -1.29. The summed E-state index contributed by atoms with van der Waals surface area (Å²) in [6, 6.07) is 0. The maximum absolute atomic E-state index is 12.4. The van der Waals surface area contributed by atoms with Crippen molar-refractivity contribution in [3.8, 4) is 0 Å². The topological polar surface area (TPSA) is 149 Å². The Labute approximate surface area is 381 Å². The van der Waals surface area contributed by atoms with Crippen LogP contribution in [0.1, 0.15) is 264 Å². The number of carbonyl (C=O) groups is 2. The molecule has 0 saturated heterocycles. The number of esters is 2. The monoisotopic (exact) mass is 903 g/mol. The maximum Gasteiger partial charge on any atom is 0.472 e. The molecular formula is C51H99O10P. The predicted octanol–water partition coefficient (Wildman–Crippen LogP) is 14.7. The van der Waals surface area contributed by atoms with Crippen LogP contribution in [0.2, 0.25) is 0 Å². The Morgan fingerprint density at radius 3 is 0.919 bits per heavy atom. The van der Waals surface area contributed by atoms with Gasteiger partial charge in [0.15, 0.2) is 0 Å². The minimum absolute atomic E-state index is 0.186. The number of phosphoric ester groups is 1. The first-order valence-electron chi connectivity index (χ1n) is 26.1. The van der Waals surface area contributed by atoms with Gasteiger partial charge in [-0.1, -0.05) is 225 Å². The molecule has 0 aromatic carbocycles. The summed E-state index contributed by atoms with van der Waals surface area (Å²) in [6.45, 7) is 2.25. The smallest absolute Gasteiger partial charge is 0.457 e. The van der Waals surface area contributed by atoms with Crippen LogP contribution in [-0.2, 0) is 32.7 Å². The maximum atomic E-state index is 12.4. The number of carbonyl (C=O) groups excluding carboxylic acids is 2. The Morgan fingerprint density at radius 1 is 0.419 bits per heavy atom. The van der Waals surface area contributed by atoms with Gasteiger partial charge in [0, 0.05) is 12.8 Å². The van der Waals surface area contributed by atoms with Crippen LogP contribution in [0.3, 0.4) is 0 Å². The van der Waals surface area contributed by atoms with Gasteiger partial charge in [0.1, 0.15) is 12.2 Å². The molecule has 0 bridgehead atoms. The molecule has 368 valence electrons. The van der Waals surface area contributed by atoms with Crippen molar-refractivity contribution in [1.29, 1.82) is 0 Å². The summed E-state index contributed by atoms with van der Waals surface area (Å²) in [5.41, 5.74) is 0. The van der Waals surface area contributed by atoms with Crippen LogP contribution in [0.5, 0.6) is 0 Å². The van der Waals surface area contributed by atoms with Crippen LogP contribution in [-0.4, -0.2) is 65.7 Å². The lowest BCUT2D eigenvalue weighted by molar-refractivity contribution is -0.153. The van der Waals surface area contributed by atoms with Gasteiger partial charge in [0.25, 0.3) is 0 Å². The summed E-state index contributed by atoms with van der Waals surface area (Å²) in [4.78, 5) is 34.7. The zero-order valence-corrected chi connectivity index (χ0v) is 41.3. The van der Waals surface area contributed by atoms with Crippen molar-refractivity contribution in [3.63, 3.8) is 0 Å². The van der Waals surface area contributed by atoms with Crippen molar-refractivity contribution in [2.24, 2.45) is 0 Å². The molecule has 0 aromatic rings. The Kier molecular flexibility index (Phi) is 46.7. The third kappa shape index (κ3) is 45.3. The van der Waals surface area contributed by atoms with Gasteiger partial charge in [0.05, 0.1) is 26.4 Å². The molecule has 0 fully saturated rings. The number of aliphatic hydroxyl groups excluding tert-OH is 2. The fourth-order valence-electron chi connectivity index (χ4n) is 7.70. The van der Waals surface area contributed by atoms with Gasteiger partial charge in [-0.2, -0.15) is 0 Å². The number of allylic oxidation sites excluding steroid dienone is 2. The van der Waals surface area contributed by atoms with Gasteiger partial charge >= 0.3 is 19.8 Å². The number of ether oxygens (including phenoxy) is 2. The van der Waals surface area contributed by atoms with Crippen molar-refractivity contribution < 1.29 is 47.8 Å². The number of hydrogen-bond donors (Lipinski definition) is 3. The molecule has 11 heteroatoms. The van der Waals surface area contributed by atoms with E-state index in [-0.39, 0.29) is 12.8 Å². The second kappa shape index (κ2) is 47.7. The molecule has 10 nitrogen and oxygen atoms in total. The standard InChI is InChI=1S/C51H99O10P/c1-3-5-7-9-11-13-15-17-19-20-21-22-23-24-25-26-27-29-31-33-35-37-39-41-43-51(55)61-49(45-53)47-59-62(56,57)58-46-48(44-52)60-50(54)42-40-38-36-34-32-30-28-18-16-14-12-10-8-6-4-2/h18,28,48-49,52-53H,3-17,19-27,29-47H2,1-2H3,(H,56,57)/b28-18-. The van der Waals surface area contributed by atoms with Crippen LogP contribution >= 0.6 is 7.82 Å². The third-order valence-corrected chi connectivity index (χ3v) is 12.7. The first-order chi connectivity index (χ1) is 30.3. The molecule has 3 N–H and O–H groups in total. The average molecular weight is 903 g/mol. The van der Waals surface area contributed by atoms with E-state index in [0.717, 1.165) is 57.8 Å². The molecule has 0 rings (SSSR count). The number of phosphoric acid groups is 1. The van der Waals surface area contributed by atoms with Gasteiger partial charge in [0.2, 0.25) is 0 Å². The zero-order valence-electron chi connectivity index (χ0n) is 40.4. The summed E-state index contributed by atoms with van der Waals surface area (Å²) in [7, 11) is -4.64. The predicted molar refractivity (Wildman–Crippen MR) is 256 cm³/mol. The zero-order chi connectivity index (χ0) is 45.5. The second-order valence-corrected chi connectivity index (χ2v) is 19.3. The highest BCUT2D eigenvalue weighted by Crippen LogP contribution is 2.43. The first kappa shape index (κ1) is 60.7. The van der Waals surface area contributed by atoms with Crippen LogP contribution in [0.15, 0.2) is 12.2 Å². The lowest BCUT2D eigenvalue weighted by Gasteiger charge is -2.20. The largest absolute Gasteiger partial charge is 0.472 e. The van der Waals surface area contributed by atoms with Crippen LogP contribution < -0.4 is 0 Å². The SMILES string of the molecule is CCCCCCCC/C=C\CCCCCCCC(=O)OC(CO)COP(=O)(O)OCC(CO)OC(=O)CCCCCCCCCCCCCCCCCCCCCCCCCC. The molecule has 0 aliphatic rings. The van der Waals surface area contributed by atoms with Crippen molar-refractivity contribution in [1.82, 2.24) is 0 Å². The molecule has 0 radical (unpaired) electrons. The molecule has 0 saturated carbocycles. The van der Waals surface area contributed by atoms with E-state index in [0.29, 0.717) is 12.8 Å². The van der Waals surface area contributed by atoms with E-state index >= 15 is 0 Å². The van der Waals surface area contributed by atoms with Crippen LogP contribution in [0.25, 0.3) is 0 Å². The van der Waals surface area contributed by atoms with E-state index in [4.69, 9.17) is 18.5 Å². The van der Waals surface area contributed by atoms with E-state index < -0.39 is 58.4 Å². The summed E-state index contributed by atoms with van der Waals surface area (Å²) in [5.74, 6) is -1.01. The van der Waals surface area contributed by atoms with E-state index in [1.807, 2.05) is 0 Å². The molecule has 62 heavy (non-hydrogen) atoms. The third-order valence-electron chi connectivity index (χ3n) is 11.7. The van der Waals surface area contributed by atoms with Crippen molar-refractivity contribution >= 4 is 19.8 Å². The van der Waals surface area contributed by atoms with E-state index in [1.54, 1.807) is 0 Å². The quantitative estimate of drug-likeness (QED) is 0.0233. The Bertz CT molecular complexity index is 1040. The molecule has 0 aromatic heterocycles. The van der Waals surface area contributed by atoms with E-state index in [1.165, 1.54) is 167 Å². The molecule has 0 aliphatic carbocycles. The van der Waals surface area contributed by atoms with Gasteiger partial charge in [-0.15, -0.1) is 0 Å². The number of aliphatic hydroxyl groups is 2. The summed E-state index contributed by atoms with van der Waals surface area (Å²) in [6.07, 6.45) is 49.1. The highest BCUT2D eigenvalue weighted by atomic mass is 31.2. The Morgan fingerprint density at radius 2 is 0.661 bits per heavy atom. The molecule has 3 unspecified atom stereocenters. The van der Waals surface area contributed by atoms with Gasteiger partial charge in [-0.05, 0) is 38.5 Å². The Balaban J connectivity index is 3.77. The average Bonchev–Trinajstić information content (AvgIpc) is 3.26. The molecule has 3 atom stereocenters. The van der Waals surface area contributed by atoms with Crippen molar-refractivity contribution in [2.45, 2.75) is 276 Å². The molecule has 0 spiro atoms. The van der Waals surface area contributed by atoms with Crippen LogP contribution in [0, 0.1) is 0 Å². The molecule has 0 heterocycles.